The first-order valence-electron chi connectivity index (χ1n) is 9.66. The first-order valence-corrected chi connectivity index (χ1v) is 9.66. The second kappa shape index (κ2) is 7.92. The van der Waals surface area contributed by atoms with Crippen molar-refractivity contribution < 1.29 is 4.79 Å². The predicted octanol–water partition coefficient (Wildman–Crippen LogP) is 3.19. The predicted molar refractivity (Wildman–Crippen MR) is 107 cm³/mol. The van der Waals surface area contributed by atoms with Crippen molar-refractivity contribution in [3.05, 3.63) is 66.0 Å². The van der Waals surface area contributed by atoms with E-state index in [4.69, 9.17) is 0 Å². The summed E-state index contributed by atoms with van der Waals surface area (Å²) in [6.07, 6.45) is 5.16. The highest BCUT2D eigenvalue weighted by molar-refractivity contribution is 5.81. The van der Waals surface area contributed by atoms with Crippen LogP contribution in [-0.2, 0) is 17.9 Å². The molecule has 1 aliphatic rings. The zero-order valence-electron chi connectivity index (χ0n) is 15.8. The lowest BCUT2D eigenvalue weighted by atomic mass is 10.0. The number of hydrogen-bond acceptors (Lipinski definition) is 3. The van der Waals surface area contributed by atoms with E-state index in [1.165, 1.54) is 12.0 Å². The summed E-state index contributed by atoms with van der Waals surface area (Å²) in [7, 11) is 2.04. The maximum Gasteiger partial charge on any atom is 0.237 e. The molecule has 1 N–H and O–H groups in total. The molecule has 3 aromatic rings. The normalized spacial score (nSPS) is 17.9. The fourth-order valence-electron chi connectivity index (χ4n) is 3.88. The van der Waals surface area contributed by atoms with Crippen LogP contribution >= 0.6 is 0 Å². The smallest absolute Gasteiger partial charge is 0.237 e. The molecule has 1 aromatic heterocycles. The van der Waals surface area contributed by atoms with Gasteiger partial charge in [-0.3, -0.25) is 9.69 Å². The third kappa shape index (κ3) is 4.03. The van der Waals surface area contributed by atoms with Gasteiger partial charge in [0.2, 0.25) is 5.91 Å². The topological polar surface area (TPSA) is 50.2 Å². The van der Waals surface area contributed by atoms with Crippen molar-refractivity contribution in [1.82, 2.24) is 19.8 Å². The van der Waals surface area contributed by atoms with E-state index in [2.05, 4.69) is 50.1 Å². The van der Waals surface area contributed by atoms with Crippen LogP contribution in [0, 0.1) is 0 Å². The van der Waals surface area contributed by atoms with Crippen molar-refractivity contribution in [2.45, 2.75) is 38.4 Å². The van der Waals surface area contributed by atoms with E-state index in [9.17, 15) is 4.79 Å². The molecule has 1 atom stereocenters. The summed E-state index contributed by atoms with van der Waals surface area (Å²) >= 11 is 0. The monoisotopic (exact) mass is 362 g/mol. The van der Waals surface area contributed by atoms with Crippen molar-refractivity contribution in [3.63, 3.8) is 0 Å². The Morgan fingerprint density at radius 2 is 2.00 bits per heavy atom. The Labute approximate surface area is 160 Å². The van der Waals surface area contributed by atoms with Gasteiger partial charge in [0, 0.05) is 13.1 Å². The molecule has 5 heteroatoms. The molecule has 27 heavy (non-hydrogen) atoms. The molecule has 0 aliphatic carbocycles. The Morgan fingerprint density at radius 1 is 1.15 bits per heavy atom. The number of para-hydroxylation sites is 2. The molecule has 1 aliphatic heterocycles. The number of amides is 1. The van der Waals surface area contributed by atoms with E-state index in [1.54, 1.807) is 0 Å². The minimum absolute atomic E-state index is 0.0132. The summed E-state index contributed by atoms with van der Waals surface area (Å²) in [5, 5.41) is 3.12. The Kier molecular flexibility index (Phi) is 5.21. The van der Waals surface area contributed by atoms with Crippen LogP contribution in [0.2, 0.25) is 0 Å². The number of nitrogens with one attached hydrogen (secondary N) is 1. The highest BCUT2D eigenvalue weighted by atomic mass is 16.2. The lowest BCUT2D eigenvalue weighted by molar-refractivity contribution is -0.127. The quantitative estimate of drug-likeness (QED) is 0.758. The number of piperidine rings is 1. The van der Waals surface area contributed by atoms with E-state index < -0.39 is 0 Å². The fraction of sp³-hybridized carbons (Fsp3) is 0.364. The number of hydrogen-bond donors (Lipinski definition) is 1. The van der Waals surface area contributed by atoms with Crippen LogP contribution in [0.1, 0.15) is 30.4 Å². The Hall–Kier alpha value is -2.66. The highest BCUT2D eigenvalue weighted by Gasteiger charge is 2.25. The molecular weight excluding hydrogens is 336 g/mol. The van der Waals surface area contributed by atoms with E-state index in [0.717, 1.165) is 42.5 Å². The van der Waals surface area contributed by atoms with E-state index in [1.807, 2.05) is 31.6 Å². The lowest BCUT2D eigenvalue weighted by Gasteiger charge is -2.31. The average Bonchev–Trinajstić information content (AvgIpc) is 3.10. The molecule has 0 unspecified atom stereocenters. The van der Waals surface area contributed by atoms with Crippen molar-refractivity contribution >= 4 is 16.9 Å². The molecule has 2 aromatic carbocycles. The second-order valence-electron chi connectivity index (χ2n) is 7.39. The van der Waals surface area contributed by atoms with Crippen LogP contribution in [-0.4, -0.2) is 40.0 Å². The summed E-state index contributed by atoms with van der Waals surface area (Å²) in [5.74, 6) is 0.142. The van der Waals surface area contributed by atoms with Gasteiger partial charge in [-0.15, -0.1) is 0 Å². The Balaban J connectivity index is 1.41. The summed E-state index contributed by atoms with van der Waals surface area (Å²) in [6.45, 7) is 2.35. The van der Waals surface area contributed by atoms with Crippen molar-refractivity contribution in [2.75, 3.05) is 13.6 Å². The van der Waals surface area contributed by atoms with Gasteiger partial charge in [-0.1, -0.05) is 42.8 Å². The summed E-state index contributed by atoms with van der Waals surface area (Å²) in [5.41, 5.74) is 4.48. The summed E-state index contributed by atoms with van der Waals surface area (Å²) in [4.78, 5) is 19.1. The molecule has 1 saturated heterocycles. The largest absolute Gasteiger partial charge is 0.351 e. The first kappa shape index (κ1) is 17.7. The molecule has 5 nitrogen and oxygen atoms in total. The van der Waals surface area contributed by atoms with Crippen molar-refractivity contribution in [1.29, 1.82) is 0 Å². The number of imidazole rings is 1. The SMILES string of the molecule is CN1CCCC[C@H]1C(=O)NCc1cccc(Cn2cnc3ccccc32)c1. The van der Waals surface area contributed by atoms with E-state index in [-0.39, 0.29) is 11.9 Å². The molecule has 0 radical (unpaired) electrons. The number of nitrogens with zero attached hydrogens (tertiary/aromatic N) is 3. The summed E-state index contributed by atoms with van der Waals surface area (Å²) < 4.78 is 2.16. The molecule has 0 bridgehead atoms. The highest BCUT2D eigenvalue weighted by Crippen LogP contribution is 2.16. The van der Waals surface area contributed by atoms with E-state index in [0.29, 0.717) is 6.54 Å². The molecule has 140 valence electrons. The van der Waals surface area contributed by atoms with Crippen molar-refractivity contribution in [3.8, 4) is 0 Å². The van der Waals surface area contributed by atoms with Crippen LogP contribution in [0.5, 0.6) is 0 Å². The Morgan fingerprint density at radius 3 is 2.89 bits per heavy atom. The fourth-order valence-corrected chi connectivity index (χ4v) is 3.88. The number of likely N-dealkylation sites (tertiary alicyclic amines) is 1. The number of aromatic nitrogens is 2. The molecule has 1 fully saturated rings. The molecule has 4 rings (SSSR count). The average molecular weight is 362 g/mol. The van der Waals surface area contributed by atoms with Gasteiger partial charge < -0.3 is 9.88 Å². The third-order valence-electron chi connectivity index (χ3n) is 5.41. The lowest BCUT2D eigenvalue weighted by Crippen LogP contribution is -2.47. The minimum Gasteiger partial charge on any atom is -0.351 e. The van der Waals surface area contributed by atoms with Crippen LogP contribution in [0.4, 0.5) is 0 Å². The molecular formula is C22H26N4O. The number of fused-ring (bicyclic) bond motifs is 1. The van der Waals surface area contributed by atoms with Gasteiger partial charge in [-0.05, 0) is 49.7 Å². The van der Waals surface area contributed by atoms with Gasteiger partial charge in [-0.25, -0.2) is 4.98 Å². The maximum atomic E-state index is 12.5. The number of carbonyl (C=O) groups is 1. The van der Waals surface area contributed by atoms with Gasteiger partial charge in [0.1, 0.15) is 0 Å². The standard InChI is InChI=1S/C22H26N4O/c1-25-12-5-4-11-21(25)22(27)23-14-17-7-6-8-18(13-17)15-26-16-24-19-9-2-3-10-20(19)26/h2-3,6-10,13,16,21H,4-5,11-12,14-15H2,1H3,(H,23,27)/t21-/m0/s1. The zero-order valence-corrected chi connectivity index (χ0v) is 15.8. The van der Waals surface area contributed by atoms with Crippen LogP contribution < -0.4 is 5.32 Å². The van der Waals surface area contributed by atoms with Crippen LogP contribution in [0.3, 0.4) is 0 Å². The van der Waals surface area contributed by atoms with Crippen LogP contribution in [0.25, 0.3) is 11.0 Å². The van der Waals surface area contributed by atoms with E-state index >= 15 is 0 Å². The Bertz CT molecular complexity index is 933. The van der Waals surface area contributed by atoms with Gasteiger partial charge in [0.15, 0.2) is 0 Å². The van der Waals surface area contributed by atoms with Gasteiger partial charge in [0.25, 0.3) is 0 Å². The van der Waals surface area contributed by atoms with Crippen molar-refractivity contribution in [2.24, 2.45) is 0 Å². The minimum atomic E-state index is 0.0132. The molecule has 0 saturated carbocycles. The van der Waals surface area contributed by atoms with Gasteiger partial charge in [0.05, 0.1) is 23.4 Å². The van der Waals surface area contributed by atoms with Crippen LogP contribution in [0.15, 0.2) is 54.9 Å². The number of benzene rings is 2. The van der Waals surface area contributed by atoms with Gasteiger partial charge >= 0.3 is 0 Å². The third-order valence-corrected chi connectivity index (χ3v) is 5.41. The number of likely N-dealkylation sites (N-methyl/N-ethyl adjacent to an activating group) is 1. The summed E-state index contributed by atoms with van der Waals surface area (Å²) in [6, 6.07) is 16.6. The molecule has 0 spiro atoms. The molecule has 2 heterocycles. The molecule has 1 amide bonds. The first-order chi connectivity index (χ1) is 13.2. The number of carbonyl (C=O) groups excluding carboxylic acids is 1. The van der Waals surface area contributed by atoms with Gasteiger partial charge in [-0.2, -0.15) is 0 Å². The second-order valence-corrected chi connectivity index (χ2v) is 7.39. The maximum absolute atomic E-state index is 12.5. The number of rotatable bonds is 5. The zero-order chi connectivity index (χ0) is 18.6.